The fraction of sp³-hybridized carbons (Fsp3) is 0.607. The molecule has 0 radical (unpaired) electrons. The number of rotatable bonds is 2. The number of nitrogens with zero attached hydrogens (tertiary/aromatic N) is 2. The number of piperidine rings is 1. The molecule has 188 valence electrons. The maximum atomic E-state index is 13.4. The van der Waals surface area contributed by atoms with Crippen LogP contribution in [0.1, 0.15) is 79.1 Å². The minimum atomic E-state index is -1.08. The summed E-state index contributed by atoms with van der Waals surface area (Å²) in [5.74, 6) is -0.872. The topological polar surface area (TPSA) is 68.7 Å². The number of methoxy groups -OCH3 is 1. The van der Waals surface area contributed by atoms with Gasteiger partial charge in [-0.2, -0.15) is 0 Å². The van der Waals surface area contributed by atoms with Crippen molar-refractivity contribution in [2.75, 3.05) is 13.7 Å². The van der Waals surface area contributed by atoms with Crippen molar-refractivity contribution in [2.45, 2.75) is 80.0 Å². The van der Waals surface area contributed by atoms with Gasteiger partial charge in [-0.05, 0) is 30.0 Å². The number of carbonyl (C=O) groups is 2. The summed E-state index contributed by atoms with van der Waals surface area (Å²) in [6.45, 7) is 16.7. The fourth-order valence-corrected chi connectivity index (χ4v) is 5.76. The van der Waals surface area contributed by atoms with Crippen molar-refractivity contribution in [1.82, 2.24) is 9.88 Å². The van der Waals surface area contributed by atoms with Crippen LogP contribution in [-0.2, 0) is 25.6 Å². The maximum Gasteiger partial charge on any atom is 0.338 e. The summed E-state index contributed by atoms with van der Waals surface area (Å²) in [6, 6.07) is 10.0. The van der Waals surface area contributed by atoms with Crippen LogP contribution in [0.5, 0.6) is 0 Å². The molecule has 0 bridgehead atoms. The van der Waals surface area contributed by atoms with E-state index in [1.165, 1.54) is 0 Å². The summed E-state index contributed by atoms with van der Waals surface area (Å²) in [4.78, 5) is 33.0. The second kappa shape index (κ2) is 11.8. The third kappa shape index (κ3) is 4.21. The molecule has 3 aliphatic heterocycles. The third-order valence-corrected chi connectivity index (χ3v) is 7.06. The minimum Gasteiger partial charge on any atom is -0.463 e. The Morgan fingerprint density at radius 2 is 1.76 bits per heavy atom. The summed E-state index contributed by atoms with van der Waals surface area (Å²) >= 11 is 0. The summed E-state index contributed by atoms with van der Waals surface area (Å²) in [7, 11) is 1.55. The van der Waals surface area contributed by atoms with Crippen LogP contribution >= 0.6 is 0 Å². The van der Waals surface area contributed by atoms with E-state index in [0.717, 1.165) is 22.2 Å². The molecule has 5 atom stereocenters. The number of hydrogen-bond donors (Lipinski definition) is 0. The fourth-order valence-electron chi connectivity index (χ4n) is 5.76. The van der Waals surface area contributed by atoms with Gasteiger partial charge >= 0.3 is 5.97 Å². The number of ether oxygens (including phenoxy) is 2. The molecule has 1 aromatic heterocycles. The predicted octanol–water partition coefficient (Wildman–Crippen LogP) is 5.93. The van der Waals surface area contributed by atoms with Crippen LogP contribution < -0.4 is 0 Å². The number of pyridine rings is 1. The van der Waals surface area contributed by atoms with Gasteiger partial charge in [-0.25, -0.2) is 4.79 Å². The zero-order valence-corrected chi connectivity index (χ0v) is 22.3. The van der Waals surface area contributed by atoms with E-state index in [2.05, 4.69) is 13.0 Å². The number of para-hydroxylation sites is 1. The zero-order chi connectivity index (χ0) is 25.6. The molecular formula is C28H42N2O4. The Balaban J connectivity index is 0.000000633. The zero-order valence-electron chi connectivity index (χ0n) is 22.3. The van der Waals surface area contributed by atoms with Crippen molar-refractivity contribution >= 4 is 22.8 Å². The van der Waals surface area contributed by atoms with Gasteiger partial charge in [-0.3, -0.25) is 9.78 Å². The number of fused-ring (bicyclic) bond motifs is 5. The molecule has 34 heavy (non-hydrogen) atoms. The van der Waals surface area contributed by atoms with Crippen molar-refractivity contribution in [1.29, 1.82) is 0 Å². The quantitative estimate of drug-likeness (QED) is 0.509. The highest BCUT2D eigenvalue weighted by Crippen LogP contribution is 2.54. The average Bonchev–Trinajstić information content (AvgIpc) is 3.28. The third-order valence-electron chi connectivity index (χ3n) is 7.06. The van der Waals surface area contributed by atoms with Gasteiger partial charge in [0.25, 0.3) is 0 Å². The van der Waals surface area contributed by atoms with Crippen molar-refractivity contribution in [3.63, 3.8) is 0 Å². The summed E-state index contributed by atoms with van der Waals surface area (Å²) in [6.07, 6.45) is 0.478. The van der Waals surface area contributed by atoms with E-state index >= 15 is 0 Å². The molecule has 4 heterocycles. The molecule has 0 aliphatic carbocycles. The summed E-state index contributed by atoms with van der Waals surface area (Å²) in [5, 5.41) is 1.08. The molecule has 2 saturated heterocycles. The summed E-state index contributed by atoms with van der Waals surface area (Å²) in [5.41, 5.74) is 1.90. The van der Waals surface area contributed by atoms with Crippen molar-refractivity contribution in [2.24, 2.45) is 17.8 Å². The minimum absolute atomic E-state index is 0.0327. The number of amides is 1. The predicted molar refractivity (Wildman–Crippen MR) is 136 cm³/mol. The highest BCUT2D eigenvalue weighted by atomic mass is 16.6. The Morgan fingerprint density at radius 1 is 1.12 bits per heavy atom. The molecule has 5 rings (SSSR count). The van der Waals surface area contributed by atoms with Crippen LogP contribution in [0.4, 0.5) is 0 Å². The number of hydrogen-bond acceptors (Lipinski definition) is 5. The highest BCUT2D eigenvalue weighted by Gasteiger charge is 2.63. The lowest BCUT2D eigenvalue weighted by Gasteiger charge is -2.53. The second-order valence-electron chi connectivity index (χ2n) is 8.17. The molecule has 0 spiro atoms. The Bertz CT molecular complexity index is 986. The lowest BCUT2D eigenvalue weighted by molar-refractivity contribution is -0.215. The van der Waals surface area contributed by atoms with E-state index < -0.39 is 5.60 Å². The summed E-state index contributed by atoms with van der Waals surface area (Å²) < 4.78 is 11.2. The van der Waals surface area contributed by atoms with Gasteiger partial charge in [0, 0.05) is 25.0 Å². The van der Waals surface area contributed by atoms with Gasteiger partial charge in [0.15, 0.2) is 5.60 Å². The van der Waals surface area contributed by atoms with Gasteiger partial charge in [0.05, 0.1) is 23.2 Å². The average molecular weight is 471 g/mol. The Labute approximate surface area is 205 Å². The Morgan fingerprint density at radius 3 is 2.38 bits per heavy atom. The van der Waals surface area contributed by atoms with Crippen LogP contribution in [-0.4, -0.2) is 41.1 Å². The molecule has 2 fully saturated rings. The highest BCUT2D eigenvalue weighted by molar-refractivity contribution is 5.88. The first-order chi connectivity index (χ1) is 16.5. The largest absolute Gasteiger partial charge is 0.463 e. The van der Waals surface area contributed by atoms with E-state index in [9.17, 15) is 9.59 Å². The van der Waals surface area contributed by atoms with Crippen LogP contribution in [0.3, 0.4) is 0 Å². The monoisotopic (exact) mass is 470 g/mol. The molecule has 6 heteroatoms. The lowest BCUT2D eigenvalue weighted by Crippen LogP contribution is -2.64. The molecule has 0 saturated carbocycles. The van der Waals surface area contributed by atoms with Gasteiger partial charge < -0.3 is 14.4 Å². The van der Waals surface area contributed by atoms with E-state index in [1.54, 1.807) is 7.11 Å². The first-order valence-corrected chi connectivity index (χ1v) is 12.9. The number of esters is 1. The van der Waals surface area contributed by atoms with Gasteiger partial charge in [-0.15, -0.1) is 0 Å². The second-order valence-corrected chi connectivity index (χ2v) is 8.17. The van der Waals surface area contributed by atoms with Crippen molar-refractivity contribution < 1.29 is 19.1 Å². The van der Waals surface area contributed by atoms with Crippen LogP contribution in [0.25, 0.3) is 10.9 Å². The first-order valence-electron chi connectivity index (χ1n) is 12.9. The number of carbonyl (C=O) groups excluding carboxylic acids is 2. The smallest absolute Gasteiger partial charge is 0.338 e. The Kier molecular flexibility index (Phi) is 9.63. The molecule has 0 N–H and O–H groups in total. The van der Waals surface area contributed by atoms with E-state index in [4.69, 9.17) is 14.5 Å². The van der Waals surface area contributed by atoms with Crippen LogP contribution in [0, 0.1) is 17.8 Å². The van der Waals surface area contributed by atoms with E-state index in [-0.39, 0.29) is 42.3 Å². The van der Waals surface area contributed by atoms with E-state index in [0.29, 0.717) is 13.0 Å². The molecule has 3 aliphatic rings. The first kappa shape index (κ1) is 27.8. The molecule has 1 aromatic carbocycles. The number of cyclic esters (lactones) is 1. The van der Waals surface area contributed by atoms with Gasteiger partial charge in [0.1, 0.15) is 6.61 Å². The maximum absolute atomic E-state index is 13.4. The van der Waals surface area contributed by atoms with Gasteiger partial charge in [0.2, 0.25) is 5.91 Å². The van der Waals surface area contributed by atoms with Gasteiger partial charge in [-0.1, -0.05) is 73.6 Å². The normalized spacial score (nSPS) is 28.6. The molecule has 6 nitrogen and oxygen atoms in total. The van der Waals surface area contributed by atoms with Crippen molar-refractivity contribution in [3.05, 3.63) is 41.6 Å². The number of aromatic nitrogens is 1. The molecule has 2 aromatic rings. The Hall–Kier alpha value is -2.47. The molecule has 5 unspecified atom stereocenters. The number of benzene rings is 1. The molecular weight excluding hydrogens is 428 g/mol. The van der Waals surface area contributed by atoms with Crippen molar-refractivity contribution in [3.8, 4) is 0 Å². The SMILES string of the molecule is CC.CC.CC.CCC1(OC)C(=O)OCC2C(=O)N3Cc4cc5ccccc5nc4C3C(C)C21. The van der Waals surface area contributed by atoms with Crippen LogP contribution in [0.2, 0.25) is 0 Å². The molecule has 1 amide bonds. The lowest BCUT2D eigenvalue weighted by atomic mass is 9.63. The van der Waals surface area contributed by atoms with E-state index in [1.807, 2.05) is 77.6 Å². The standard InChI is InChI=1S/C22H24N2O4.3C2H6/c1-4-22(27-3)17-12(2)19-18-14(9-13-7-5-6-8-16(13)23-18)10-24(19)20(25)15(17)11-28-21(22)26;3*1-2/h5-9,12,15,17,19H,4,10-11H2,1-3H3;3*1-2H3. The van der Waals surface area contributed by atoms with Crippen LogP contribution in [0.15, 0.2) is 30.3 Å².